The molecule has 4 N–H and O–H groups in total. The number of hydrogen-bond acceptors (Lipinski definition) is 4. The second-order valence-corrected chi connectivity index (χ2v) is 15.8. The number of amides is 2. The van der Waals surface area contributed by atoms with Crippen LogP contribution in [-0.2, 0) is 20.4 Å². The van der Waals surface area contributed by atoms with Gasteiger partial charge in [-0.05, 0) is 66.8 Å². The Bertz CT molecular complexity index is 1910. The molecule has 2 aliphatic heterocycles. The van der Waals surface area contributed by atoms with Crippen LogP contribution in [0.25, 0.3) is 0 Å². The zero-order chi connectivity index (χ0) is 42.0. The third kappa shape index (κ3) is 7.46. The van der Waals surface area contributed by atoms with Crippen LogP contribution in [0.1, 0.15) is 48.8 Å². The SMILES string of the molecule is NC(=O)C(c1ccccc1)(c1ccccc1)C1CCN(CCC(F)(F)C(F)(F)C(F)(F)C(F)(F)CCN2CCC(C(C(N)=O)(c3ccccc3)C3C=CC=CC3)C2)C1. The van der Waals surface area contributed by atoms with Crippen molar-refractivity contribution in [2.75, 3.05) is 39.3 Å². The number of likely N-dealkylation sites (tertiary alicyclic amines) is 2. The minimum atomic E-state index is -6.42. The summed E-state index contributed by atoms with van der Waals surface area (Å²) in [6, 6.07) is 25.8. The van der Waals surface area contributed by atoms with Crippen molar-refractivity contribution in [1.29, 1.82) is 0 Å². The first kappa shape index (κ1) is 43.0. The highest BCUT2D eigenvalue weighted by atomic mass is 19.4. The maximum atomic E-state index is 15.3. The van der Waals surface area contributed by atoms with Gasteiger partial charge in [0.15, 0.2) is 0 Å². The Balaban J connectivity index is 1.12. The molecule has 0 bridgehead atoms. The van der Waals surface area contributed by atoms with E-state index < -0.39 is 90.0 Å². The second kappa shape index (κ2) is 16.6. The zero-order valence-electron chi connectivity index (χ0n) is 31.9. The first-order valence-electron chi connectivity index (χ1n) is 19.5. The van der Waals surface area contributed by atoms with Gasteiger partial charge in [-0.3, -0.25) is 9.59 Å². The van der Waals surface area contributed by atoms with Crippen molar-refractivity contribution in [3.8, 4) is 0 Å². The molecule has 4 atom stereocenters. The standard InChI is InChI=1S/C44H48F8N4O2/c45-39(46,23-27-55-25-21-35(29-55)41(37(53)57,31-13-5-1-6-14-31)32-15-7-2-8-16-32)43(49,50)44(51,52)40(47,48)24-28-56-26-22-36(30-56)42(38(54)58,33-17-9-3-10-18-33)34-19-11-4-12-20-34/h1-19,34-36H,20-30H2,(H2,53,57)(H2,54,58). The molecule has 2 heterocycles. The fourth-order valence-electron chi connectivity index (χ4n) is 9.60. The van der Waals surface area contributed by atoms with Gasteiger partial charge in [-0.25, -0.2) is 0 Å². The number of allylic oxidation sites excluding steroid dienone is 4. The van der Waals surface area contributed by atoms with Crippen molar-refractivity contribution in [3.05, 3.63) is 132 Å². The number of alkyl halides is 8. The van der Waals surface area contributed by atoms with Gasteiger partial charge < -0.3 is 21.3 Å². The van der Waals surface area contributed by atoms with Crippen LogP contribution in [-0.4, -0.2) is 84.6 Å². The minimum Gasteiger partial charge on any atom is -0.369 e. The van der Waals surface area contributed by atoms with Gasteiger partial charge in [-0.2, -0.15) is 35.1 Å². The summed E-state index contributed by atoms with van der Waals surface area (Å²) in [7, 11) is 0. The van der Waals surface area contributed by atoms with E-state index >= 15 is 35.1 Å². The van der Waals surface area contributed by atoms with E-state index in [0.29, 0.717) is 23.1 Å². The number of halogens is 8. The van der Waals surface area contributed by atoms with Crippen LogP contribution in [0, 0.1) is 17.8 Å². The molecule has 0 radical (unpaired) electrons. The van der Waals surface area contributed by atoms with E-state index in [1.54, 1.807) is 97.1 Å². The van der Waals surface area contributed by atoms with Gasteiger partial charge in [0, 0.05) is 39.0 Å². The van der Waals surface area contributed by atoms with Crippen molar-refractivity contribution < 1.29 is 44.7 Å². The molecule has 2 fully saturated rings. The summed E-state index contributed by atoms with van der Waals surface area (Å²) in [6.45, 7) is -1.65. The fraction of sp³-hybridized carbons (Fsp3) is 0.455. The van der Waals surface area contributed by atoms with Gasteiger partial charge in [0.1, 0.15) is 5.41 Å². The van der Waals surface area contributed by atoms with E-state index in [1.807, 2.05) is 18.2 Å². The van der Waals surface area contributed by atoms with Crippen LogP contribution >= 0.6 is 0 Å². The molecule has 312 valence electrons. The Morgan fingerprint density at radius 2 is 1.02 bits per heavy atom. The molecule has 6 nitrogen and oxygen atoms in total. The van der Waals surface area contributed by atoms with Gasteiger partial charge in [0.25, 0.3) is 0 Å². The lowest BCUT2D eigenvalue weighted by molar-refractivity contribution is -0.368. The lowest BCUT2D eigenvalue weighted by atomic mass is 9.60. The Morgan fingerprint density at radius 3 is 1.43 bits per heavy atom. The van der Waals surface area contributed by atoms with Crippen molar-refractivity contribution in [2.45, 2.75) is 66.6 Å². The minimum absolute atomic E-state index is 0.0392. The predicted molar refractivity (Wildman–Crippen MR) is 205 cm³/mol. The Morgan fingerprint density at radius 1 is 0.586 bits per heavy atom. The summed E-state index contributed by atoms with van der Waals surface area (Å²) in [5, 5.41) is 0. The number of hydrogen-bond donors (Lipinski definition) is 2. The molecule has 0 aromatic heterocycles. The Hall–Kier alpha value is -4.56. The largest absolute Gasteiger partial charge is 0.378 e. The average Bonchev–Trinajstić information content (AvgIpc) is 3.89. The molecule has 0 saturated carbocycles. The molecular formula is C44H48F8N4O2. The van der Waals surface area contributed by atoms with E-state index in [0.717, 1.165) is 0 Å². The number of benzene rings is 3. The number of carbonyl (C=O) groups is 2. The van der Waals surface area contributed by atoms with E-state index in [9.17, 15) is 9.59 Å². The number of nitrogens with zero attached hydrogens (tertiary/aromatic N) is 2. The summed E-state index contributed by atoms with van der Waals surface area (Å²) < 4.78 is 122. The highest BCUT2D eigenvalue weighted by Gasteiger charge is 2.79. The number of primary amides is 2. The third-order valence-electron chi connectivity index (χ3n) is 12.7. The Kier molecular flexibility index (Phi) is 12.3. The van der Waals surface area contributed by atoms with Crippen molar-refractivity contribution >= 4 is 11.8 Å². The topological polar surface area (TPSA) is 92.7 Å². The summed E-state index contributed by atoms with van der Waals surface area (Å²) in [6.07, 6.45) is 4.55. The quantitative estimate of drug-likeness (QED) is 0.135. The lowest BCUT2D eigenvalue weighted by Crippen LogP contribution is -2.63. The van der Waals surface area contributed by atoms with Crippen LogP contribution in [0.5, 0.6) is 0 Å². The van der Waals surface area contributed by atoms with Crippen molar-refractivity contribution in [3.63, 3.8) is 0 Å². The monoisotopic (exact) mass is 816 g/mol. The van der Waals surface area contributed by atoms with Gasteiger partial charge in [-0.1, -0.05) is 115 Å². The molecule has 3 aliphatic rings. The second-order valence-electron chi connectivity index (χ2n) is 15.8. The predicted octanol–water partition coefficient (Wildman–Crippen LogP) is 7.98. The normalized spacial score (nSPS) is 22.2. The molecule has 3 aromatic carbocycles. The molecule has 58 heavy (non-hydrogen) atoms. The van der Waals surface area contributed by atoms with Crippen molar-refractivity contribution in [2.24, 2.45) is 29.2 Å². The molecule has 1 aliphatic carbocycles. The number of nitrogens with two attached hydrogens (primary N) is 2. The summed E-state index contributed by atoms with van der Waals surface area (Å²) in [5.41, 5.74) is 11.1. The van der Waals surface area contributed by atoms with Crippen LogP contribution < -0.4 is 11.5 Å². The van der Waals surface area contributed by atoms with E-state index in [2.05, 4.69) is 0 Å². The van der Waals surface area contributed by atoms with Crippen LogP contribution in [0.3, 0.4) is 0 Å². The maximum absolute atomic E-state index is 15.3. The van der Waals surface area contributed by atoms with Crippen molar-refractivity contribution in [1.82, 2.24) is 9.80 Å². The van der Waals surface area contributed by atoms with Gasteiger partial charge in [0.2, 0.25) is 11.8 Å². The molecule has 2 amide bonds. The van der Waals surface area contributed by atoms with Gasteiger partial charge in [0.05, 0.1) is 5.41 Å². The molecule has 0 spiro atoms. The smallest absolute Gasteiger partial charge is 0.369 e. The molecule has 2 saturated heterocycles. The van der Waals surface area contributed by atoms with Crippen LogP contribution in [0.2, 0.25) is 0 Å². The molecule has 3 aromatic rings. The van der Waals surface area contributed by atoms with Gasteiger partial charge >= 0.3 is 23.7 Å². The van der Waals surface area contributed by atoms with E-state index in [1.165, 1.54) is 9.80 Å². The third-order valence-corrected chi connectivity index (χ3v) is 12.7. The highest BCUT2D eigenvalue weighted by molar-refractivity contribution is 5.91. The lowest BCUT2D eigenvalue weighted by Gasteiger charge is -2.42. The van der Waals surface area contributed by atoms with Crippen LogP contribution in [0.15, 0.2) is 115 Å². The highest BCUT2D eigenvalue weighted by Crippen LogP contribution is 2.55. The van der Waals surface area contributed by atoms with Gasteiger partial charge in [-0.15, -0.1) is 0 Å². The first-order valence-corrected chi connectivity index (χ1v) is 19.5. The number of rotatable bonds is 17. The summed E-state index contributed by atoms with van der Waals surface area (Å²) in [5.74, 6) is -26.8. The average molecular weight is 817 g/mol. The van der Waals surface area contributed by atoms with E-state index in [-0.39, 0.29) is 39.0 Å². The maximum Gasteiger partial charge on any atom is 0.378 e. The fourth-order valence-corrected chi connectivity index (χ4v) is 9.60. The molecular weight excluding hydrogens is 768 g/mol. The van der Waals surface area contributed by atoms with E-state index in [4.69, 9.17) is 11.5 Å². The summed E-state index contributed by atoms with van der Waals surface area (Å²) in [4.78, 5) is 29.4. The molecule has 6 rings (SSSR count). The van der Waals surface area contributed by atoms with Crippen LogP contribution in [0.4, 0.5) is 35.1 Å². The zero-order valence-corrected chi connectivity index (χ0v) is 31.9. The Labute approximate surface area is 332 Å². The molecule has 14 heteroatoms. The first-order chi connectivity index (χ1) is 27.4. The summed E-state index contributed by atoms with van der Waals surface area (Å²) >= 11 is 0. The molecule has 4 unspecified atom stereocenters. The number of carbonyl (C=O) groups excluding carboxylic acids is 2.